The fourth-order valence-corrected chi connectivity index (χ4v) is 4.46. The van der Waals surface area contributed by atoms with E-state index in [1.165, 1.54) is 11.9 Å². The zero-order valence-electron chi connectivity index (χ0n) is 19.4. The van der Waals surface area contributed by atoms with Crippen LogP contribution in [0.2, 0.25) is 0 Å². The molecule has 0 aliphatic heterocycles. The summed E-state index contributed by atoms with van der Waals surface area (Å²) in [4.78, 5) is 27.1. The first kappa shape index (κ1) is 25.2. The van der Waals surface area contributed by atoms with Gasteiger partial charge in [-0.2, -0.15) is 0 Å². The molecule has 9 heteroatoms. The molecule has 8 nitrogen and oxygen atoms in total. The van der Waals surface area contributed by atoms with Crippen LogP contribution >= 0.6 is 0 Å². The number of methoxy groups -OCH3 is 1. The van der Waals surface area contributed by atoms with Crippen molar-refractivity contribution in [2.24, 2.45) is 0 Å². The van der Waals surface area contributed by atoms with E-state index in [0.29, 0.717) is 11.4 Å². The summed E-state index contributed by atoms with van der Waals surface area (Å²) in [6, 6.07) is 11.8. The lowest BCUT2D eigenvalue weighted by molar-refractivity contribution is -0.139. The van der Waals surface area contributed by atoms with Crippen LogP contribution in [0.4, 0.5) is 5.69 Å². The Bertz CT molecular complexity index is 1050. The molecule has 2 aromatic rings. The van der Waals surface area contributed by atoms with E-state index in [9.17, 15) is 18.0 Å². The minimum atomic E-state index is -3.76. The first-order valence-corrected chi connectivity index (χ1v) is 12.0. The predicted molar refractivity (Wildman–Crippen MR) is 125 cm³/mol. The van der Waals surface area contributed by atoms with Gasteiger partial charge in [0.1, 0.15) is 18.3 Å². The molecule has 0 aromatic heterocycles. The molecule has 1 N–H and O–H groups in total. The summed E-state index contributed by atoms with van der Waals surface area (Å²) in [5.41, 5.74) is 2.74. The number of ether oxygens (including phenoxy) is 1. The van der Waals surface area contributed by atoms with Crippen molar-refractivity contribution in [1.82, 2.24) is 10.2 Å². The van der Waals surface area contributed by atoms with Gasteiger partial charge in [0, 0.05) is 13.6 Å². The highest BCUT2D eigenvalue weighted by atomic mass is 32.2. The van der Waals surface area contributed by atoms with Crippen LogP contribution < -0.4 is 14.4 Å². The first-order valence-electron chi connectivity index (χ1n) is 10.2. The molecule has 174 valence electrons. The zero-order valence-corrected chi connectivity index (χ0v) is 20.2. The number of nitrogens with zero attached hydrogens (tertiary/aromatic N) is 2. The van der Waals surface area contributed by atoms with E-state index in [2.05, 4.69) is 5.32 Å². The van der Waals surface area contributed by atoms with E-state index in [1.54, 1.807) is 64.3 Å². The predicted octanol–water partition coefficient (Wildman–Crippen LogP) is 2.24. The summed E-state index contributed by atoms with van der Waals surface area (Å²) in [5.74, 6) is -0.154. The normalized spacial score (nSPS) is 12.1. The minimum absolute atomic E-state index is 0.141. The molecular formula is C23H31N3O5S. The highest BCUT2D eigenvalue weighted by Gasteiger charge is 2.30. The van der Waals surface area contributed by atoms with E-state index in [4.69, 9.17) is 4.74 Å². The lowest BCUT2D eigenvalue weighted by atomic mass is 10.1. The number of anilines is 1. The van der Waals surface area contributed by atoms with Gasteiger partial charge in [-0.15, -0.1) is 0 Å². The molecule has 32 heavy (non-hydrogen) atoms. The van der Waals surface area contributed by atoms with Gasteiger partial charge in [-0.05, 0) is 49.6 Å². The summed E-state index contributed by atoms with van der Waals surface area (Å²) in [5, 5.41) is 2.55. The number of hydrogen-bond acceptors (Lipinski definition) is 5. The number of para-hydroxylation sites is 1. The molecule has 2 aromatic carbocycles. The molecule has 1 atom stereocenters. The number of nitrogens with one attached hydrogen (secondary N) is 1. The van der Waals surface area contributed by atoms with Crippen molar-refractivity contribution in [2.45, 2.75) is 33.4 Å². The third kappa shape index (κ3) is 6.00. The van der Waals surface area contributed by atoms with E-state index >= 15 is 0 Å². The molecule has 0 spiro atoms. The van der Waals surface area contributed by atoms with Crippen LogP contribution in [-0.4, -0.2) is 58.1 Å². The lowest BCUT2D eigenvalue weighted by Gasteiger charge is -2.32. The van der Waals surface area contributed by atoms with Gasteiger partial charge >= 0.3 is 0 Å². The van der Waals surface area contributed by atoms with Crippen LogP contribution in [0.3, 0.4) is 0 Å². The molecule has 0 unspecified atom stereocenters. The average molecular weight is 462 g/mol. The van der Waals surface area contributed by atoms with Crippen LogP contribution in [0.25, 0.3) is 0 Å². The summed E-state index contributed by atoms with van der Waals surface area (Å²) in [6.45, 7) is 4.94. The van der Waals surface area contributed by atoms with Gasteiger partial charge in [-0.3, -0.25) is 13.9 Å². The Morgan fingerprint density at radius 1 is 1.06 bits per heavy atom. The maximum atomic E-state index is 13.4. The van der Waals surface area contributed by atoms with Crippen LogP contribution in [-0.2, 0) is 26.2 Å². The number of sulfonamides is 1. The van der Waals surface area contributed by atoms with Gasteiger partial charge in [-0.25, -0.2) is 8.42 Å². The van der Waals surface area contributed by atoms with Gasteiger partial charge in [0.15, 0.2) is 0 Å². The Balaban J connectivity index is 2.42. The fourth-order valence-electron chi connectivity index (χ4n) is 3.49. The molecule has 0 saturated heterocycles. The average Bonchev–Trinajstić information content (AvgIpc) is 2.75. The summed E-state index contributed by atoms with van der Waals surface area (Å²) < 4.78 is 31.6. The number of likely N-dealkylation sites (N-methyl/N-ethyl adjacent to an activating group) is 1. The van der Waals surface area contributed by atoms with Crippen LogP contribution in [0.1, 0.15) is 23.6 Å². The molecule has 0 saturated carbocycles. The Labute approximate surface area is 190 Å². The van der Waals surface area contributed by atoms with E-state index in [-0.39, 0.29) is 12.5 Å². The van der Waals surface area contributed by atoms with E-state index < -0.39 is 28.5 Å². The first-order chi connectivity index (χ1) is 15.0. The number of aryl methyl sites for hydroxylation is 2. The Kier molecular flexibility index (Phi) is 8.26. The molecule has 2 rings (SSSR count). The fraction of sp³-hybridized carbons (Fsp3) is 0.391. The number of hydrogen-bond donors (Lipinski definition) is 1. The lowest BCUT2D eigenvalue weighted by Crippen LogP contribution is -2.50. The van der Waals surface area contributed by atoms with Crippen molar-refractivity contribution in [3.05, 3.63) is 59.2 Å². The summed E-state index contributed by atoms with van der Waals surface area (Å²) >= 11 is 0. The molecule has 0 radical (unpaired) electrons. The number of benzene rings is 2. The van der Waals surface area contributed by atoms with Gasteiger partial charge in [-0.1, -0.05) is 30.3 Å². The molecule has 2 amide bonds. The maximum Gasteiger partial charge on any atom is 0.244 e. The van der Waals surface area contributed by atoms with E-state index in [1.807, 2.05) is 6.07 Å². The molecule has 0 fully saturated rings. The monoisotopic (exact) mass is 461 g/mol. The van der Waals surface area contributed by atoms with Gasteiger partial charge in [0.05, 0.1) is 19.1 Å². The van der Waals surface area contributed by atoms with Crippen molar-refractivity contribution < 1.29 is 22.7 Å². The smallest absolute Gasteiger partial charge is 0.244 e. The topological polar surface area (TPSA) is 96.0 Å². The van der Waals surface area contributed by atoms with E-state index in [0.717, 1.165) is 27.3 Å². The second kappa shape index (κ2) is 10.5. The molecule has 0 aliphatic rings. The molecule has 0 heterocycles. The summed E-state index contributed by atoms with van der Waals surface area (Å²) in [7, 11) is -0.700. The Morgan fingerprint density at radius 2 is 1.62 bits per heavy atom. The van der Waals surface area contributed by atoms with Crippen molar-refractivity contribution in [3.8, 4) is 5.75 Å². The van der Waals surface area contributed by atoms with Crippen molar-refractivity contribution >= 4 is 27.5 Å². The minimum Gasteiger partial charge on any atom is -0.497 e. The standard InChI is InChI=1S/C23H31N3O5S/c1-16-8-7-9-17(2)22(16)26(32(6,29)30)15-21(27)25(18(3)23(28)24-4)14-19-10-12-20(31-5)13-11-19/h7-13,18H,14-15H2,1-6H3,(H,24,28)/t18-/m0/s1. The van der Waals surface area contributed by atoms with Crippen molar-refractivity contribution in [2.75, 3.05) is 31.3 Å². The second-order valence-corrected chi connectivity index (χ2v) is 9.58. The highest BCUT2D eigenvalue weighted by Crippen LogP contribution is 2.27. The molecule has 0 aliphatic carbocycles. The molecule has 0 bridgehead atoms. The SMILES string of the molecule is CNC(=O)[C@H](C)N(Cc1ccc(OC)cc1)C(=O)CN(c1c(C)cccc1C)S(C)(=O)=O. The summed E-state index contributed by atoms with van der Waals surface area (Å²) in [6.07, 6.45) is 1.07. The number of carbonyl (C=O) groups is 2. The number of rotatable bonds is 9. The number of amides is 2. The highest BCUT2D eigenvalue weighted by molar-refractivity contribution is 7.92. The van der Waals surface area contributed by atoms with Crippen LogP contribution in [0.15, 0.2) is 42.5 Å². The van der Waals surface area contributed by atoms with Crippen molar-refractivity contribution in [1.29, 1.82) is 0 Å². The largest absolute Gasteiger partial charge is 0.497 e. The molecular weight excluding hydrogens is 430 g/mol. The van der Waals surface area contributed by atoms with Gasteiger partial charge < -0.3 is 15.0 Å². The quantitative estimate of drug-likeness (QED) is 0.618. The number of carbonyl (C=O) groups excluding carboxylic acids is 2. The Hall–Kier alpha value is -3.07. The second-order valence-electron chi connectivity index (χ2n) is 7.67. The third-order valence-corrected chi connectivity index (χ3v) is 6.41. The van der Waals surface area contributed by atoms with Gasteiger partial charge in [0.25, 0.3) is 0 Å². The van der Waals surface area contributed by atoms with Crippen molar-refractivity contribution in [3.63, 3.8) is 0 Å². The Morgan fingerprint density at radius 3 is 2.09 bits per heavy atom. The van der Waals surface area contributed by atoms with Crippen LogP contribution in [0, 0.1) is 13.8 Å². The zero-order chi connectivity index (χ0) is 24.1. The van der Waals surface area contributed by atoms with Gasteiger partial charge in [0.2, 0.25) is 21.8 Å². The van der Waals surface area contributed by atoms with Crippen LogP contribution in [0.5, 0.6) is 5.75 Å². The third-order valence-electron chi connectivity index (χ3n) is 5.29. The maximum absolute atomic E-state index is 13.4.